The number of rotatable bonds is 1. The number of aromatic nitrogens is 2. The number of fused-ring (bicyclic) bond motifs is 1. The highest BCUT2D eigenvalue weighted by Gasteiger charge is 2.04. The van der Waals surface area contributed by atoms with E-state index in [0.717, 1.165) is 15.9 Å². The third-order valence-corrected chi connectivity index (χ3v) is 2.27. The summed E-state index contributed by atoms with van der Waals surface area (Å²) in [6.45, 7) is 0. The quantitative estimate of drug-likeness (QED) is 0.745. The van der Waals surface area contributed by atoms with Gasteiger partial charge in [0.1, 0.15) is 0 Å². The molecule has 2 aromatic rings. The molecule has 0 amide bonds. The number of pyridine rings is 1. The highest BCUT2D eigenvalue weighted by molar-refractivity contribution is 9.10. The monoisotopic (exact) mass is 226 g/mol. The first-order chi connectivity index (χ1) is 5.83. The molecule has 0 atom stereocenters. The molecule has 3 nitrogen and oxygen atoms in total. The smallest absolute Gasteiger partial charge is 0.229 e. The van der Waals surface area contributed by atoms with E-state index in [1.165, 1.54) is 0 Å². The summed E-state index contributed by atoms with van der Waals surface area (Å²) in [6.07, 6.45) is 1.74. The Hall–Kier alpha value is -1.03. The van der Waals surface area contributed by atoms with E-state index >= 15 is 0 Å². The van der Waals surface area contributed by atoms with Crippen molar-refractivity contribution in [3.05, 3.63) is 28.9 Å². The van der Waals surface area contributed by atoms with Crippen molar-refractivity contribution in [2.75, 3.05) is 7.11 Å². The zero-order valence-electron chi connectivity index (χ0n) is 6.49. The summed E-state index contributed by atoms with van der Waals surface area (Å²) in [7, 11) is 1.63. The summed E-state index contributed by atoms with van der Waals surface area (Å²) < 4.78 is 7.81. The van der Waals surface area contributed by atoms with Gasteiger partial charge in [0.25, 0.3) is 0 Å². The number of ether oxygens (including phenoxy) is 1. The molecule has 0 N–H and O–H groups in total. The maximum atomic E-state index is 5.17. The molecule has 12 heavy (non-hydrogen) atoms. The van der Waals surface area contributed by atoms with Crippen LogP contribution in [0, 0.1) is 0 Å². The highest BCUT2D eigenvalue weighted by atomic mass is 79.9. The predicted octanol–water partition coefficient (Wildman–Crippen LogP) is 2.11. The molecule has 0 spiro atoms. The second kappa shape index (κ2) is 2.79. The summed E-state index contributed by atoms with van der Waals surface area (Å²) in [6, 6.07) is 5.84. The van der Waals surface area contributed by atoms with E-state index in [2.05, 4.69) is 21.0 Å². The Morgan fingerprint density at radius 2 is 2.25 bits per heavy atom. The van der Waals surface area contributed by atoms with E-state index in [1.54, 1.807) is 17.8 Å². The van der Waals surface area contributed by atoms with Gasteiger partial charge in [0, 0.05) is 0 Å². The van der Waals surface area contributed by atoms with Crippen LogP contribution >= 0.6 is 15.9 Å². The number of methoxy groups -OCH3 is 1. The zero-order valence-corrected chi connectivity index (χ0v) is 8.08. The van der Waals surface area contributed by atoms with Crippen molar-refractivity contribution in [2.45, 2.75) is 0 Å². The van der Waals surface area contributed by atoms with Crippen LogP contribution in [-0.2, 0) is 0 Å². The van der Waals surface area contributed by atoms with Crippen molar-refractivity contribution in [1.82, 2.24) is 9.61 Å². The van der Waals surface area contributed by atoms with Crippen LogP contribution in [0.3, 0.4) is 0 Å². The van der Waals surface area contributed by atoms with Gasteiger partial charge in [-0.15, -0.1) is 0 Å². The van der Waals surface area contributed by atoms with Crippen molar-refractivity contribution in [3.8, 4) is 5.88 Å². The Kier molecular flexibility index (Phi) is 1.77. The first-order valence-corrected chi connectivity index (χ1v) is 4.28. The van der Waals surface area contributed by atoms with E-state index in [9.17, 15) is 0 Å². The van der Waals surface area contributed by atoms with Gasteiger partial charge < -0.3 is 4.74 Å². The molecule has 0 aliphatic carbocycles. The van der Waals surface area contributed by atoms with Crippen LogP contribution in [0.25, 0.3) is 5.52 Å². The molecule has 0 aromatic carbocycles. The summed E-state index contributed by atoms with van der Waals surface area (Å²) in [5.41, 5.74) is 1.02. The van der Waals surface area contributed by atoms with E-state index in [4.69, 9.17) is 4.74 Å². The number of hydrogen-bond acceptors (Lipinski definition) is 2. The van der Waals surface area contributed by atoms with Gasteiger partial charge >= 0.3 is 0 Å². The van der Waals surface area contributed by atoms with Gasteiger partial charge in [-0.1, -0.05) is 0 Å². The molecular formula is C8H7BrN2O. The largest absolute Gasteiger partial charge is 0.480 e. The van der Waals surface area contributed by atoms with Crippen molar-refractivity contribution in [3.63, 3.8) is 0 Å². The van der Waals surface area contributed by atoms with Gasteiger partial charge in [-0.05, 0) is 34.1 Å². The molecule has 62 valence electrons. The van der Waals surface area contributed by atoms with E-state index < -0.39 is 0 Å². The lowest BCUT2D eigenvalue weighted by Crippen LogP contribution is -1.95. The molecule has 2 heterocycles. The Bertz CT molecular complexity index is 410. The van der Waals surface area contributed by atoms with Crippen LogP contribution in [-0.4, -0.2) is 16.7 Å². The predicted molar refractivity (Wildman–Crippen MR) is 49.4 cm³/mol. The lowest BCUT2D eigenvalue weighted by Gasteiger charge is -2.04. The molecule has 0 aliphatic heterocycles. The Morgan fingerprint density at radius 1 is 1.42 bits per heavy atom. The Morgan fingerprint density at radius 3 is 3.00 bits per heavy atom. The number of nitrogens with zero attached hydrogens (tertiary/aromatic N) is 2. The van der Waals surface area contributed by atoms with E-state index in [0.29, 0.717) is 0 Å². The second-order valence-electron chi connectivity index (χ2n) is 2.36. The SMILES string of the molecule is COc1c(Br)ccc2ccnn12. The van der Waals surface area contributed by atoms with Gasteiger partial charge in [-0.3, -0.25) is 0 Å². The minimum Gasteiger partial charge on any atom is -0.480 e. The standard InChI is InChI=1S/C8H7BrN2O/c1-12-8-7(9)3-2-6-4-5-10-11(6)8/h2-5H,1H3. The molecule has 0 fully saturated rings. The van der Waals surface area contributed by atoms with Crippen LogP contribution in [0.5, 0.6) is 5.88 Å². The first kappa shape index (κ1) is 7.61. The van der Waals surface area contributed by atoms with Gasteiger partial charge in [0.05, 0.1) is 23.3 Å². The normalized spacial score (nSPS) is 10.5. The molecule has 0 unspecified atom stereocenters. The molecule has 2 aromatic heterocycles. The number of halogens is 1. The van der Waals surface area contributed by atoms with Crippen molar-refractivity contribution >= 4 is 21.4 Å². The minimum atomic E-state index is 0.720. The fourth-order valence-electron chi connectivity index (χ4n) is 1.12. The zero-order chi connectivity index (χ0) is 8.55. The molecule has 0 saturated heterocycles. The summed E-state index contributed by atoms with van der Waals surface area (Å²) >= 11 is 3.38. The average Bonchev–Trinajstić information content (AvgIpc) is 2.52. The second-order valence-corrected chi connectivity index (χ2v) is 3.21. The highest BCUT2D eigenvalue weighted by Crippen LogP contribution is 2.24. The molecular weight excluding hydrogens is 220 g/mol. The third kappa shape index (κ3) is 0.992. The van der Waals surface area contributed by atoms with Gasteiger partial charge in [0.2, 0.25) is 5.88 Å². The summed E-state index contributed by atoms with van der Waals surface area (Å²) in [4.78, 5) is 0. The van der Waals surface area contributed by atoms with E-state index in [-0.39, 0.29) is 0 Å². The molecule has 0 aliphatic rings. The number of hydrogen-bond donors (Lipinski definition) is 0. The van der Waals surface area contributed by atoms with Crippen LogP contribution in [0.4, 0.5) is 0 Å². The molecule has 0 bridgehead atoms. The topological polar surface area (TPSA) is 26.5 Å². The van der Waals surface area contributed by atoms with Crippen LogP contribution < -0.4 is 4.74 Å². The van der Waals surface area contributed by atoms with Crippen molar-refractivity contribution < 1.29 is 4.74 Å². The van der Waals surface area contributed by atoms with Crippen LogP contribution in [0.1, 0.15) is 0 Å². The van der Waals surface area contributed by atoms with Crippen LogP contribution in [0.2, 0.25) is 0 Å². The van der Waals surface area contributed by atoms with E-state index in [1.807, 2.05) is 18.2 Å². The summed E-state index contributed by atoms with van der Waals surface area (Å²) in [5.74, 6) is 0.720. The maximum absolute atomic E-state index is 5.17. The average molecular weight is 227 g/mol. The van der Waals surface area contributed by atoms with Gasteiger partial charge in [-0.25, -0.2) is 4.52 Å². The van der Waals surface area contributed by atoms with Gasteiger partial charge in [0.15, 0.2) is 0 Å². The Labute approximate surface area is 78.1 Å². The molecule has 0 saturated carbocycles. The molecule has 0 radical (unpaired) electrons. The lowest BCUT2D eigenvalue weighted by molar-refractivity contribution is 0.383. The van der Waals surface area contributed by atoms with Crippen molar-refractivity contribution in [1.29, 1.82) is 0 Å². The Balaban J connectivity index is 2.83. The van der Waals surface area contributed by atoms with Gasteiger partial charge in [-0.2, -0.15) is 5.10 Å². The van der Waals surface area contributed by atoms with Crippen LogP contribution in [0.15, 0.2) is 28.9 Å². The fraction of sp³-hybridized carbons (Fsp3) is 0.125. The first-order valence-electron chi connectivity index (χ1n) is 3.49. The summed E-state index contributed by atoms with van der Waals surface area (Å²) in [5, 5.41) is 4.11. The van der Waals surface area contributed by atoms with Crippen molar-refractivity contribution in [2.24, 2.45) is 0 Å². The lowest BCUT2D eigenvalue weighted by atomic mass is 10.4. The maximum Gasteiger partial charge on any atom is 0.229 e. The third-order valence-electron chi connectivity index (χ3n) is 1.66. The fourth-order valence-corrected chi connectivity index (χ4v) is 1.59. The minimum absolute atomic E-state index is 0.720. The molecule has 2 rings (SSSR count). The molecule has 4 heteroatoms.